The van der Waals surface area contributed by atoms with Crippen molar-refractivity contribution in [1.82, 2.24) is 5.32 Å². The number of nitrogen functional groups attached to an aromatic ring is 1. The summed E-state index contributed by atoms with van der Waals surface area (Å²) in [4.78, 5) is 11.6. The first-order valence-electron chi connectivity index (χ1n) is 5.41. The minimum Gasteiger partial charge on any atom is -0.396 e. The van der Waals surface area contributed by atoms with Crippen molar-refractivity contribution in [3.8, 4) is 0 Å². The zero-order valence-electron chi connectivity index (χ0n) is 10.2. The average Bonchev–Trinajstić information content (AvgIpc) is 2.28. The Bertz CT molecular complexity index is 588. The molecule has 1 aromatic rings. The number of carbonyl (C=O) groups excluding carboxylic acids is 1. The highest BCUT2D eigenvalue weighted by molar-refractivity contribution is 7.90. The van der Waals surface area contributed by atoms with Crippen LogP contribution in [0.3, 0.4) is 0 Å². The van der Waals surface area contributed by atoms with Crippen molar-refractivity contribution in [3.63, 3.8) is 0 Å². The number of halogens is 2. The second kappa shape index (κ2) is 5.96. The van der Waals surface area contributed by atoms with E-state index in [4.69, 9.17) is 5.73 Å². The summed E-state index contributed by atoms with van der Waals surface area (Å²) in [6.45, 7) is 0.0720. The maximum atomic E-state index is 13.3. The Labute approximate surface area is 109 Å². The van der Waals surface area contributed by atoms with Gasteiger partial charge in [0.05, 0.1) is 17.0 Å². The standard InChI is InChI=1S/C11H14F2N2O3S/c1-19(17,18)4-2-3-15-11(16)7-5-10(14)9(13)6-8(7)12/h5-6H,2-4,14H2,1H3,(H,15,16). The number of carbonyl (C=O) groups is 1. The lowest BCUT2D eigenvalue weighted by Gasteiger charge is -2.07. The van der Waals surface area contributed by atoms with Crippen LogP contribution >= 0.6 is 0 Å². The molecular formula is C11H14F2N2O3S. The number of hydrogen-bond acceptors (Lipinski definition) is 4. The van der Waals surface area contributed by atoms with Crippen LogP contribution in [0.4, 0.5) is 14.5 Å². The molecule has 0 radical (unpaired) electrons. The van der Waals surface area contributed by atoms with Gasteiger partial charge in [-0.05, 0) is 12.5 Å². The van der Waals surface area contributed by atoms with Gasteiger partial charge in [0.2, 0.25) is 0 Å². The van der Waals surface area contributed by atoms with Gasteiger partial charge < -0.3 is 11.1 Å². The van der Waals surface area contributed by atoms with Gasteiger partial charge in [-0.1, -0.05) is 0 Å². The lowest BCUT2D eigenvalue weighted by molar-refractivity contribution is 0.0949. The number of amides is 1. The molecule has 0 aromatic heterocycles. The van der Waals surface area contributed by atoms with Crippen LogP contribution in [0.5, 0.6) is 0 Å². The zero-order chi connectivity index (χ0) is 14.6. The van der Waals surface area contributed by atoms with Crippen molar-refractivity contribution in [2.24, 2.45) is 0 Å². The van der Waals surface area contributed by atoms with Crippen LogP contribution in [0.1, 0.15) is 16.8 Å². The average molecular weight is 292 g/mol. The Morgan fingerprint density at radius 3 is 2.53 bits per heavy atom. The monoisotopic (exact) mass is 292 g/mol. The van der Waals surface area contributed by atoms with E-state index in [1.165, 1.54) is 0 Å². The van der Waals surface area contributed by atoms with Crippen molar-refractivity contribution in [3.05, 3.63) is 29.3 Å². The summed E-state index contributed by atoms with van der Waals surface area (Å²) in [5, 5.41) is 2.34. The molecule has 1 amide bonds. The first-order valence-corrected chi connectivity index (χ1v) is 7.47. The van der Waals surface area contributed by atoms with Crippen molar-refractivity contribution < 1.29 is 22.0 Å². The molecule has 5 nitrogen and oxygen atoms in total. The van der Waals surface area contributed by atoms with Crippen LogP contribution in [0.2, 0.25) is 0 Å². The summed E-state index contributed by atoms with van der Waals surface area (Å²) in [7, 11) is -3.10. The van der Waals surface area contributed by atoms with Crippen LogP contribution < -0.4 is 11.1 Å². The zero-order valence-corrected chi connectivity index (χ0v) is 11.1. The molecule has 0 unspecified atom stereocenters. The summed E-state index contributed by atoms with van der Waals surface area (Å²) in [6.07, 6.45) is 1.29. The Morgan fingerprint density at radius 2 is 1.95 bits per heavy atom. The van der Waals surface area contributed by atoms with Crippen LogP contribution in [-0.4, -0.2) is 32.9 Å². The van der Waals surface area contributed by atoms with E-state index in [2.05, 4.69) is 5.32 Å². The summed E-state index contributed by atoms with van der Waals surface area (Å²) >= 11 is 0. The van der Waals surface area contributed by atoms with Crippen LogP contribution in [0.15, 0.2) is 12.1 Å². The molecule has 19 heavy (non-hydrogen) atoms. The molecule has 0 heterocycles. The maximum absolute atomic E-state index is 13.3. The van der Waals surface area contributed by atoms with E-state index < -0.39 is 27.4 Å². The fourth-order valence-corrected chi connectivity index (χ4v) is 2.04. The van der Waals surface area contributed by atoms with Crippen LogP contribution in [-0.2, 0) is 9.84 Å². The molecule has 0 aliphatic rings. The molecule has 0 fully saturated rings. The van der Waals surface area contributed by atoms with Crippen LogP contribution in [0, 0.1) is 11.6 Å². The molecule has 3 N–H and O–H groups in total. The number of anilines is 1. The Balaban J connectivity index is 2.62. The van der Waals surface area contributed by atoms with E-state index >= 15 is 0 Å². The van der Waals surface area contributed by atoms with Crippen molar-refractivity contribution in [2.45, 2.75) is 6.42 Å². The van der Waals surface area contributed by atoms with Gasteiger partial charge in [-0.15, -0.1) is 0 Å². The second-order valence-corrected chi connectivity index (χ2v) is 6.35. The number of rotatable bonds is 5. The van der Waals surface area contributed by atoms with Gasteiger partial charge >= 0.3 is 0 Å². The van der Waals surface area contributed by atoms with Gasteiger partial charge in [-0.2, -0.15) is 0 Å². The molecule has 0 aliphatic carbocycles. The lowest BCUT2D eigenvalue weighted by Crippen LogP contribution is -2.27. The summed E-state index contributed by atoms with van der Waals surface area (Å²) in [5.41, 5.74) is 4.53. The topological polar surface area (TPSA) is 89.3 Å². The molecule has 0 bridgehead atoms. The highest BCUT2D eigenvalue weighted by Crippen LogP contribution is 2.16. The van der Waals surface area contributed by atoms with E-state index in [0.717, 1.165) is 12.3 Å². The second-order valence-electron chi connectivity index (χ2n) is 4.09. The molecular weight excluding hydrogens is 278 g/mol. The third kappa shape index (κ3) is 4.82. The normalized spacial score (nSPS) is 11.3. The molecule has 1 rings (SSSR count). The van der Waals surface area contributed by atoms with Gasteiger partial charge in [0.1, 0.15) is 21.5 Å². The number of hydrogen-bond donors (Lipinski definition) is 2. The fourth-order valence-electron chi connectivity index (χ4n) is 1.37. The van der Waals surface area contributed by atoms with Gasteiger partial charge in [-0.25, -0.2) is 17.2 Å². The van der Waals surface area contributed by atoms with E-state index in [-0.39, 0.29) is 30.0 Å². The molecule has 8 heteroatoms. The number of nitrogens with two attached hydrogens (primary N) is 1. The van der Waals surface area contributed by atoms with Gasteiger partial charge in [0.15, 0.2) is 0 Å². The number of benzene rings is 1. The molecule has 0 spiro atoms. The van der Waals surface area contributed by atoms with Crippen molar-refractivity contribution in [1.29, 1.82) is 0 Å². The van der Waals surface area contributed by atoms with Gasteiger partial charge in [0, 0.05) is 18.9 Å². The smallest absolute Gasteiger partial charge is 0.254 e. The fraction of sp³-hybridized carbons (Fsp3) is 0.364. The number of nitrogens with one attached hydrogen (secondary N) is 1. The Kier molecular flexibility index (Phi) is 4.82. The molecule has 106 valence electrons. The Hall–Kier alpha value is -1.70. The first kappa shape index (κ1) is 15.4. The van der Waals surface area contributed by atoms with Crippen molar-refractivity contribution >= 4 is 21.4 Å². The van der Waals surface area contributed by atoms with E-state index in [0.29, 0.717) is 6.07 Å². The minimum absolute atomic E-state index is 0.0720. The van der Waals surface area contributed by atoms with Crippen molar-refractivity contribution in [2.75, 3.05) is 24.3 Å². The first-order chi connectivity index (χ1) is 8.70. The molecule has 1 aromatic carbocycles. The Morgan fingerprint density at radius 1 is 1.32 bits per heavy atom. The van der Waals surface area contributed by atoms with Gasteiger partial charge in [-0.3, -0.25) is 4.79 Å². The van der Waals surface area contributed by atoms with E-state index in [1.54, 1.807) is 0 Å². The van der Waals surface area contributed by atoms with E-state index in [9.17, 15) is 22.0 Å². The highest BCUT2D eigenvalue weighted by atomic mass is 32.2. The SMILES string of the molecule is CS(=O)(=O)CCCNC(=O)c1cc(N)c(F)cc1F. The highest BCUT2D eigenvalue weighted by Gasteiger charge is 2.14. The third-order valence-corrected chi connectivity index (χ3v) is 3.34. The lowest BCUT2D eigenvalue weighted by atomic mass is 10.1. The van der Waals surface area contributed by atoms with Gasteiger partial charge in [0.25, 0.3) is 5.91 Å². The number of sulfone groups is 1. The molecule has 0 atom stereocenters. The minimum atomic E-state index is -3.10. The quantitative estimate of drug-likeness (QED) is 0.618. The molecule has 0 saturated carbocycles. The predicted molar refractivity (Wildman–Crippen MR) is 67.4 cm³/mol. The summed E-state index contributed by atoms with van der Waals surface area (Å²) < 4.78 is 47.9. The molecule has 0 saturated heterocycles. The van der Waals surface area contributed by atoms with E-state index in [1.807, 2.05) is 0 Å². The predicted octanol–water partition coefficient (Wildman–Crippen LogP) is 0.712. The van der Waals surface area contributed by atoms with Crippen LogP contribution in [0.25, 0.3) is 0 Å². The maximum Gasteiger partial charge on any atom is 0.254 e. The summed E-state index contributed by atoms with van der Waals surface area (Å²) in [5.74, 6) is -2.81. The summed E-state index contributed by atoms with van der Waals surface area (Å²) in [6, 6.07) is 1.43. The third-order valence-electron chi connectivity index (χ3n) is 2.31. The molecule has 0 aliphatic heterocycles. The largest absolute Gasteiger partial charge is 0.396 e.